The van der Waals surface area contributed by atoms with Crippen LogP contribution in [0.3, 0.4) is 0 Å². The van der Waals surface area contributed by atoms with Gasteiger partial charge in [-0.15, -0.1) is 0 Å². The van der Waals surface area contributed by atoms with Crippen molar-refractivity contribution < 1.29 is 18.5 Å². The van der Waals surface area contributed by atoms with Gasteiger partial charge in [-0.2, -0.15) is 0 Å². The third-order valence-electron chi connectivity index (χ3n) is 6.15. The summed E-state index contributed by atoms with van der Waals surface area (Å²) in [5.41, 5.74) is 0.148. The minimum absolute atomic E-state index is 0.0816. The number of amides is 1. The normalized spacial score (nSPS) is 16.1. The molecule has 0 spiro atoms. The van der Waals surface area contributed by atoms with Crippen LogP contribution in [0.4, 0.5) is 10.1 Å². The van der Waals surface area contributed by atoms with Gasteiger partial charge in [0.15, 0.2) is 8.32 Å². The molecule has 1 aliphatic heterocycles. The van der Waals surface area contributed by atoms with Crippen LogP contribution in [0.25, 0.3) is 0 Å². The number of likely N-dealkylation sites (tertiary alicyclic amines) is 1. The minimum Gasteiger partial charge on any atom is -0.414 e. The SMILES string of the molecule is CC(C)(C)[Si](C)(C)OC1CCN(C(=O)CCCc2ccc([N+](=O)[O-])cc2F)CC1. The first-order valence-corrected chi connectivity index (χ1v) is 13.2. The van der Waals surface area contributed by atoms with Crippen molar-refractivity contribution >= 4 is 19.9 Å². The molecule has 0 radical (unpaired) electrons. The number of non-ortho nitro benzene ring substituents is 1. The van der Waals surface area contributed by atoms with Crippen LogP contribution < -0.4 is 0 Å². The Kier molecular flexibility index (Phi) is 7.56. The summed E-state index contributed by atoms with van der Waals surface area (Å²) in [6, 6.07) is 3.67. The quantitative estimate of drug-likeness (QED) is 0.348. The molecule has 1 saturated heterocycles. The first-order chi connectivity index (χ1) is 13.4. The van der Waals surface area contributed by atoms with Gasteiger partial charge < -0.3 is 9.33 Å². The zero-order valence-corrected chi connectivity index (χ0v) is 19.2. The highest BCUT2D eigenvalue weighted by Gasteiger charge is 2.39. The smallest absolute Gasteiger partial charge is 0.272 e. The molecule has 0 unspecified atom stereocenters. The van der Waals surface area contributed by atoms with Crippen molar-refractivity contribution in [3.63, 3.8) is 0 Å². The highest BCUT2D eigenvalue weighted by Crippen LogP contribution is 2.38. The molecule has 1 amide bonds. The zero-order valence-electron chi connectivity index (χ0n) is 18.2. The fourth-order valence-electron chi connectivity index (χ4n) is 3.26. The Morgan fingerprint density at radius 3 is 2.45 bits per heavy atom. The van der Waals surface area contributed by atoms with Crippen molar-refractivity contribution in [3.8, 4) is 0 Å². The van der Waals surface area contributed by atoms with Gasteiger partial charge in [0.1, 0.15) is 5.82 Å². The van der Waals surface area contributed by atoms with E-state index < -0.39 is 19.1 Å². The number of nitrogens with zero attached hydrogens (tertiary/aromatic N) is 2. The van der Waals surface area contributed by atoms with Gasteiger partial charge in [-0.05, 0) is 55.4 Å². The zero-order chi connectivity index (χ0) is 21.8. The summed E-state index contributed by atoms with van der Waals surface area (Å²) in [4.78, 5) is 24.4. The number of piperidine rings is 1. The molecule has 1 aromatic carbocycles. The third-order valence-corrected chi connectivity index (χ3v) is 10.7. The van der Waals surface area contributed by atoms with Crippen LogP contribution in [-0.2, 0) is 15.6 Å². The van der Waals surface area contributed by atoms with E-state index in [1.807, 2.05) is 4.90 Å². The molecule has 29 heavy (non-hydrogen) atoms. The lowest BCUT2D eigenvalue weighted by Crippen LogP contribution is -2.48. The lowest BCUT2D eigenvalue weighted by Gasteiger charge is -2.42. The molecule has 0 saturated carbocycles. The summed E-state index contributed by atoms with van der Waals surface area (Å²) in [6.07, 6.45) is 3.19. The Morgan fingerprint density at radius 1 is 1.31 bits per heavy atom. The van der Waals surface area contributed by atoms with Crippen LogP contribution in [0.2, 0.25) is 18.1 Å². The number of halogens is 1. The largest absolute Gasteiger partial charge is 0.414 e. The Hall–Kier alpha value is -1.80. The fraction of sp³-hybridized carbons (Fsp3) is 0.667. The summed E-state index contributed by atoms with van der Waals surface area (Å²) >= 11 is 0. The first-order valence-electron chi connectivity index (χ1n) is 10.3. The number of nitro groups is 1. The van der Waals surface area contributed by atoms with Crippen molar-refractivity contribution in [2.75, 3.05) is 13.1 Å². The standard InChI is InChI=1S/C21H33FN2O4Si/c1-21(2,3)29(4,5)28-18-11-13-23(14-12-18)20(25)8-6-7-16-9-10-17(24(26)27)15-19(16)22/h9-10,15,18H,6-8,11-14H2,1-5H3. The molecule has 0 aliphatic carbocycles. The molecule has 0 bridgehead atoms. The van der Waals surface area contributed by atoms with E-state index in [4.69, 9.17) is 4.43 Å². The van der Waals surface area contributed by atoms with Gasteiger partial charge in [0.25, 0.3) is 5.69 Å². The Bertz CT molecular complexity index is 741. The van der Waals surface area contributed by atoms with E-state index in [0.29, 0.717) is 37.9 Å². The molecule has 2 rings (SSSR count). The van der Waals surface area contributed by atoms with Crippen LogP contribution in [0.5, 0.6) is 0 Å². The lowest BCUT2D eigenvalue weighted by molar-refractivity contribution is -0.385. The molecule has 0 atom stereocenters. The lowest BCUT2D eigenvalue weighted by atomic mass is 10.0. The van der Waals surface area contributed by atoms with Gasteiger partial charge in [-0.3, -0.25) is 14.9 Å². The van der Waals surface area contributed by atoms with Gasteiger partial charge in [-0.1, -0.05) is 20.8 Å². The van der Waals surface area contributed by atoms with Crippen molar-refractivity contribution in [2.24, 2.45) is 0 Å². The van der Waals surface area contributed by atoms with Crippen molar-refractivity contribution in [2.45, 2.75) is 77.1 Å². The minimum atomic E-state index is -1.80. The molecule has 8 heteroatoms. The second kappa shape index (κ2) is 9.34. The van der Waals surface area contributed by atoms with Gasteiger partial charge in [-0.25, -0.2) is 4.39 Å². The molecule has 1 heterocycles. The monoisotopic (exact) mass is 424 g/mol. The third kappa shape index (κ3) is 6.34. The number of benzene rings is 1. The number of carbonyl (C=O) groups is 1. The van der Waals surface area contributed by atoms with E-state index in [9.17, 15) is 19.3 Å². The van der Waals surface area contributed by atoms with Gasteiger partial charge in [0, 0.05) is 31.7 Å². The average molecular weight is 425 g/mol. The van der Waals surface area contributed by atoms with E-state index in [0.717, 1.165) is 18.9 Å². The Labute approximate surface area is 173 Å². The fourth-order valence-corrected chi connectivity index (χ4v) is 4.68. The van der Waals surface area contributed by atoms with Crippen molar-refractivity contribution in [1.82, 2.24) is 4.90 Å². The van der Waals surface area contributed by atoms with Gasteiger partial charge in [0.2, 0.25) is 5.91 Å². The highest BCUT2D eigenvalue weighted by molar-refractivity contribution is 6.74. The van der Waals surface area contributed by atoms with Crippen LogP contribution in [-0.4, -0.2) is 43.2 Å². The maximum atomic E-state index is 13.9. The number of aryl methyl sites for hydroxylation is 1. The second-order valence-corrected chi connectivity index (χ2v) is 14.1. The molecule has 6 nitrogen and oxygen atoms in total. The Balaban J connectivity index is 1.77. The topological polar surface area (TPSA) is 72.7 Å². The predicted octanol–water partition coefficient (Wildman–Crippen LogP) is 5.07. The predicted molar refractivity (Wildman–Crippen MR) is 114 cm³/mol. The number of rotatable bonds is 7. The first kappa shape index (κ1) is 23.5. The van der Waals surface area contributed by atoms with E-state index in [1.54, 1.807) is 0 Å². The maximum Gasteiger partial charge on any atom is 0.272 e. The van der Waals surface area contributed by atoms with Gasteiger partial charge >= 0.3 is 0 Å². The number of nitro benzene ring substituents is 1. The molecule has 1 aromatic rings. The van der Waals surface area contributed by atoms with Crippen LogP contribution in [0.15, 0.2) is 18.2 Å². The average Bonchev–Trinajstić information content (AvgIpc) is 2.62. The van der Waals surface area contributed by atoms with E-state index in [2.05, 4.69) is 33.9 Å². The van der Waals surface area contributed by atoms with E-state index in [1.165, 1.54) is 12.1 Å². The Morgan fingerprint density at radius 2 is 1.93 bits per heavy atom. The number of carbonyl (C=O) groups excluding carboxylic acids is 1. The van der Waals surface area contributed by atoms with E-state index in [-0.39, 0.29) is 22.7 Å². The molecular weight excluding hydrogens is 391 g/mol. The summed E-state index contributed by atoms with van der Waals surface area (Å²) < 4.78 is 20.4. The molecule has 1 fully saturated rings. The van der Waals surface area contributed by atoms with Crippen LogP contribution in [0.1, 0.15) is 52.0 Å². The number of hydrogen-bond acceptors (Lipinski definition) is 4. The van der Waals surface area contributed by atoms with E-state index >= 15 is 0 Å². The molecular formula is C21H33FN2O4Si. The molecule has 0 N–H and O–H groups in total. The van der Waals surface area contributed by atoms with Crippen LogP contribution in [0, 0.1) is 15.9 Å². The summed E-state index contributed by atoms with van der Waals surface area (Å²) in [5.74, 6) is -0.506. The summed E-state index contributed by atoms with van der Waals surface area (Å²) in [5, 5.41) is 10.8. The number of hydrogen-bond donors (Lipinski definition) is 0. The second-order valence-electron chi connectivity index (χ2n) is 9.34. The molecule has 162 valence electrons. The highest BCUT2D eigenvalue weighted by atomic mass is 28.4. The summed E-state index contributed by atoms with van der Waals surface area (Å²) in [7, 11) is -1.80. The molecule has 1 aliphatic rings. The molecule has 0 aromatic heterocycles. The summed E-state index contributed by atoms with van der Waals surface area (Å²) in [6.45, 7) is 12.6. The van der Waals surface area contributed by atoms with Crippen molar-refractivity contribution in [1.29, 1.82) is 0 Å². The maximum absolute atomic E-state index is 13.9. The van der Waals surface area contributed by atoms with Crippen molar-refractivity contribution in [3.05, 3.63) is 39.7 Å². The van der Waals surface area contributed by atoms with Crippen LogP contribution >= 0.6 is 0 Å². The van der Waals surface area contributed by atoms with Gasteiger partial charge in [0.05, 0.1) is 11.0 Å².